The van der Waals surface area contributed by atoms with Gasteiger partial charge in [0.1, 0.15) is 18.2 Å². The fraction of sp³-hybridized carbons (Fsp3) is 0.208. The van der Waals surface area contributed by atoms with Gasteiger partial charge in [0, 0.05) is 5.56 Å². The number of nitrogens with zero attached hydrogens (tertiary/aromatic N) is 2. The van der Waals surface area contributed by atoms with E-state index in [-0.39, 0.29) is 0 Å². The summed E-state index contributed by atoms with van der Waals surface area (Å²) in [4.78, 5) is 4.90. The van der Waals surface area contributed by atoms with E-state index in [1.165, 1.54) is 16.7 Å². The number of fused-ring (bicyclic) bond motifs is 1. The average molecular weight is 356 g/mol. The van der Waals surface area contributed by atoms with Gasteiger partial charge in [-0.1, -0.05) is 55.5 Å². The third-order valence-corrected chi connectivity index (χ3v) is 4.96. The smallest absolute Gasteiger partial charge is 0.141 e. The average Bonchev–Trinajstić information content (AvgIpc) is 3.07. The molecule has 0 atom stereocenters. The van der Waals surface area contributed by atoms with E-state index in [0.717, 1.165) is 35.6 Å². The molecule has 0 aliphatic heterocycles. The lowest BCUT2D eigenvalue weighted by atomic mass is 10.1. The molecular formula is C24H24N2O. The predicted molar refractivity (Wildman–Crippen MR) is 111 cm³/mol. The van der Waals surface area contributed by atoms with Gasteiger partial charge in [-0.15, -0.1) is 0 Å². The summed E-state index contributed by atoms with van der Waals surface area (Å²) in [6.45, 7) is 5.64. The van der Waals surface area contributed by atoms with Crippen molar-refractivity contribution < 1.29 is 4.74 Å². The van der Waals surface area contributed by atoms with Crippen molar-refractivity contribution in [2.45, 2.75) is 26.8 Å². The van der Waals surface area contributed by atoms with E-state index >= 15 is 0 Å². The Bertz CT molecular complexity index is 1050. The van der Waals surface area contributed by atoms with E-state index in [2.05, 4.69) is 73.0 Å². The Morgan fingerprint density at radius 1 is 0.889 bits per heavy atom. The molecule has 136 valence electrons. The number of hydrogen-bond donors (Lipinski definition) is 0. The van der Waals surface area contributed by atoms with Crippen molar-refractivity contribution in [3.8, 4) is 17.1 Å². The minimum atomic E-state index is 0.602. The summed E-state index contributed by atoms with van der Waals surface area (Å²) >= 11 is 0. The summed E-state index contributed by atoms with van der Waals surface area (Å²) < 4.78 is 8.26. The fourth-order valence-electron chi connectivity index (χ4n) is 3.41. The quantitative estimate of drug-likeness (QED) is 0.446. The van der Waals surface area contributed by atoms with Crippen molar-refractivity contribution in [3.63, 3.8) is 0 Å². The maximum absolute atomic E-state index is 6.00. The summed E-state index contributed by atoms with van der Waals surface area (Å²) in [7, 11) is 0. The van der Waals surface area contributed by atoms with Gasteiger partial charge in [-0.05, 0) is 48.7 Å². The Morgan fingerprint density at radius 3 is 2.41 bits per heavy atom. The van der Waals surface area contributed by atoms with Gasteiger partial charge in [0.2, 0.25) is 0 Å². The van der Waals surface area contributed by atoms with Crippen molar-refractivity contribution in [3.05, 3.63) is 83.9 Å². The van der Waals surface area contributed by atoms with Gasteiger partial charge in [0.15, 0.2) is 0 Å². The molecule has 0 amide bonds. The van der Waals surface area contributed by atoms with Crippen molar-refractivity contribution in [1.82, 2.24) is 9.55 Å². The summed E-state index contributed by atoms with van der Waals surface area (Å²) in [6.07, 6.45) is 1.04. The van der Waals surface area contributed by atoms with Crippen LogP contribution in [0.1, 0.15) is 18.1 Å². The summed E-state index contributed by atoms with van der Waals surface area (Å²) in [5.41, 5.74) is 5.87. The normalized spacial score (nSPS) is 11.0. The van der Waals surface area contributed by atoms with Crippen LogP contribution in [0.2, 0.25) is 0 Å². The zero-order chi connectivity index (χ0) is 18.6. The minimum absolute atomic E-state index is 0.602. The maximum Gasteiger partial charge on any atom is 0.141 e. The van der Waals surface area contributed by atoms with Crippen LogP contribution in [0.5, 0.6) is 5.75 Å². The second kappa shape index (κ2) is 7.67. The van der Waals surface area contributed by atoms with Crippen LogP contribution in [0.25, 0.3) is 22.4 Å². The first-order valence-electron chi connectivity index (χ1n) is 9.49. The van der Waals surface area contributed by atoms with Crippen molar-refractivity contribution >= 4 is 11.0 Å². The number of rotatable bonds is 6. The zero-order valence-electron chi connectivity index (χ0n) is 15.9. The van der Waals surface area contributed by atoms with E-state index in [0.29, 0.717) is 6.61 Å². The topological polar surface area (TPSA) is 27.1 Å². The highest BCUT2D eigenvalue weighted by molar-refractivity contribution is 5.81. The molecule has 0 aliphatic rings. The number of para-hydroxylation sites is 2. The second-order valence-corrected chi connectivity index (χ2v) is 6.74. The first-order valence-corrected chi connectivity index (χ1v) is 9.49. The van der Waals surface area contributed by atoms with Crippen molar-refractivity contribution in [2.24, 2.45) is 0 Å². The first kappa shape index (κ1) is 17.3. The summed E-state index contributed by atoms with van der Waals surface area (Å²) in [5, 5.41) is 0. The van der Waals surface area contributed by atoms with E-state index in [1.807, 2.05) is 18.2 Å². The molecule has 0 bridgehead atoms. The van der Waals surface area contributed by atoms with Crippen LogP contribution in [0.15, 0.2) is 72.8 Å². The van der Waals surface area contributed by atoms with Crippen LogP contribution < -0.4 is 4.74 Å². The van der Waals surface area contributed by atoms with Gasteiger partial charge >= 0.3 is 0 Å². The molecule has 0 fully saturated rings. The molecule has 0 saturated heterocycles. The van der Waals surface area contributed by atoms with Gasteiger partial charge in [-0.25, -0.2) is 4.98 Å². The second-order valence-electron chi connectivity index (χ2n) is 6.74. The Kier molecular flexibility index (Phi) is 4.93. The Labute approximate surface area is 160 Å². The largest absolute Gasteiger partial charge is 0.492 e. The van der Waals surface area contributed by atoms with Crippen LogP contribution in [-0.4, -0.2) is 16.2 Å². The summed E-state index contributed by atoms with van der Waals surface area (Å²) in [5.74, 6) is 1.91. The SMILES string of the molecule is CCc1ccc(OCCn2c(-c3ccccc3C)nc3ccccc32)cc1. The molecular weight excluding hydrogens is 332 g/mol. The number of aromatic nitrogens is 2. The highest BCUT2D eigenvalue weighted by Gasteiger charge is 2.13. The highest BCUT2D eigenvalue weighted by atomic mass is 16.5. The fourth-order valence-corrected chi connectivity index (χ4v) is 3.41. The molecule has 0 spiro atoms. The number of ether oxygens (including phenoxy) is 1. The molecule has 1 aromatic heterocycles. The third-order valence-electron chi connectivity index (χ3n) is 4.96. The number of aryl methyl sites for hydroxylation is 2. The van der Waals surface area contributed by atoms with Crippen molar-refractivity contribution in [2.75, 3.05) is 6.61 Å². The molecule has 1 heterocycles. The molecule has 0 radical (unpaired) electrons. The summed E-state index contributed by atoms with van der Waals surface area (Å²) in [6, 6.07) is 25.0. The van der Waals surface area contributed by atoms with E-state index in [9.17, 15) is 0 Å². The minimum Gasteiger partial charge on any atom is -0.492 e. The van der Waals surface area contributed by atoms with Gasteiger partial charge in [0.05, 0.1) is 17.6 Å². The first-order chi connectivity index (χ1) is 13.3. The maximum atomic E-state index is 6.00. The standard InChI is InChI=1S/C24H24N2O/c1-3-19-12-14-20(15-13-19)27-17-16-26-23-11-7-6-10-22(23)25-24(26)21-9-5-4-8-18(21)2/h4-15H,3,16-17H2,1-2H3. The van der Waals surface area contributed by atoms with E-state index in [1.54, 1.807) is 0 Å². The van der Waals surface area contributed by atoms with Crippen LogP contribution in [0.4, 0.5) is 0 Å². The van der Waals surface area contributed by atoms with E-state index < -0.39 is 0 Å². The molecule has 4 aromatic rings. The molecule has 4 rings (SSSR count). The Balaban J connectivity index is 1.62. The monoisotopic (exact) mass is 356 g/mol. The zero-order valence-corrected chi connectivity index (χ0v) is 15.9. The third kappa shape index (κ3) is 3.59. The molecule has 0 aliphatic carbocycles. The highest BCUT2D eigenvalue weighted by Crippen LogP contribution is 2.27. The lowest BCUT2D eigenvalue weighted by molar-refractivity contribution is 0.301. The lowest BCUT2D eigenvalue weighted by Crippen LogP contribution is -2.10. The number of benzene rings is 3. The molecule has 3 heteroatoms. The predicted octanol–water partition coefficient (Wildman–Crippen LogP) is 5.65. The molecule has 0 N–H and O–H groups in total. The van der Waals surface area contributed by atoms with E-state index in [4.69, 9.17) is 9.72 Å². The van der Waals surface area contributed by atoms with Gasteiger partial charge in [0.25, 0.3) is 0 Å². The van der Waals surface area contributed by atoms with Crippen molar-refractivity contribution in [1.29, 1.82) is 0 Å². The van der Waals surface area contributed by atoms with Crippen LogP contribution in [0.3, 0.4) is 0 Å². The van der Waals surface area contributed by atoms with Gasteiger partial charge in [-0.3, -0.25) is 0 Å². The molecule has 3 nitrogen and oxygen atoms in total. The Hall–Kier alpha value is -3.07. The lowest BCUT2D eigenvalue weighted by Gasteiger charge is -2.12. The molecule has 0 unspecified atom stereocenters. The van der Waals surface area contributed by atoms with Gasteiger partial charge < -0.3 is 9.30 Å². The van der Waals surface area contributed by atoms with Crippen LogP contribution in [-0.2, 0) is 13.0 Å². The van der Waals surface area contributed by atoms with Gasteiger partial charge in [-0.2, -0.15) is 0 Å². The van der Waals surface area contributed by atoms with Crippen LogP contribution >= 0.6 is 0 Å². The molecule has 3 aromatic carbocycles. The number of imidazole rings is 1. The van der Waals surface area contributed by atoms with Crippen LogP contribution in [0, 0.1) is 6.92 Å². The molecule has 27 heavy (non-hydrogen) atoms. The Morgan fingerprint density at radius 2 is 1.63 bits per heavy atom. The molecule has 0 saturated carbocycles. The number of hydrogen-bond acceptors (Lipinski definition) is 2.